The molecule has 1 aromatic carbocycles. The van der Waals surface area contributed by atoms with Crippen molar-refractivity contribution < 1.29 is 9.53 Å². The van der Waals surface area contributed by atoms with E-state index in [1.165, 1.54) is 5.56 Å². The van der Waals surface area contributed by atoms with Gasteiger partial charge >= 0.3 is 0 Å². The Morgan fingerprint density at radius 3 is 2.82 bits per heavy atom. The maximum atomic E-state index is 12.3. The quantitative estimate of drug-likeness (QED) is 0.822. The van der Waals surface area contributed by atoms with Crippen molar-refractivity contribution in [3.05, 3.63) is 23.8 Å². The summed E-state index contributed by atoms with van der Waals surface area (Å²) in [4.78, 5) is 14.2. The maximum Gasteiger partial charge on any atom is 0.226 e. The molecular formula is C18H28N2O2. The highest BCUT2D eigenvalue weighted by Crippen LogP contribution is 2.36. The van der Waals surface area contributed by atoms with Crippen LogP contribution in [0.15, 0.2) is 18.2 Å². The summed E-state index contributed by atoms with van der Waals surface area (Å²) in [6.07, 6.45) is 3.67. The molecule has 22 heavy (non-hydrogen) atoms. The molecule has 4 nitrogen and oxygen atoms in total. The summed E-state index contributed by atoms with van der Waals surface area (Å²) in [7, 11) is 0. The summed E-state index contributed by atoms with van der Waals surface area (Å²) in [5.41, 5.74) is 7.72. The molecule has 0 saturated heterocycles. The standard InChI is InChI=1S/C18H28N2O2/c1-4-18(21)20-12-17(13(2)3)22-16-9-8-14(11-15(16)20)7-5-6-10-19/h8-9,11,13,17H,4-7,10,12,19H2,1-3H3. The Hall–Kier alpha value is -1.55. The van der Waals surface area contributed by atoms with Gasteiger partial charge in [0, 0.05) is 6.42 Å². The topological polar surface area (TPSA) is 55.6 Å². The summed E-state index contributed by atoms with van der Waals surface area (Å²) < 4.78 is 6.09. The van der Waals surface area contributed by atoms with Gasteiger partial charge in [0.05, 0.1) is 12.2 Å². The van der Waals surface area contributed by atoms with Crippen LogP contribution >= 0.6 is 0 Å². The van der Waals surface area contributed by atoms with Crippen LogP contribution in [0.4, 0.5) is 5.69 Å². The molecule has 1 aliphatic heterocycles. The second-order valence-electron chi connectivity index (χ2n) is 6.31. The van der Waals surface area contributed by atoms with Gasteiger partial charge in [0.1, 0.15) is 11.9 Å². The molecule has 1 aromatic rings. The molecule has 122 valence electrons. The molecule has 0 spiro atoms. The highest BCUT2D eigenvalue weighted by atomic mass is 16.5. The molecule has 1 aliphatic rings. The first-order valence-corrected chi connectivity index (χ1v) is 8.36. The SMILES string of the molecule is CCC(=O)N1CC(C(C)C)Oc2ccc(CCCCN)cc21. The van der Waals surface area contributed by atoms with Crippen LogP contribution in [0.5, 0.6) is 5.75 Å². The third kappa shape index (κ3) is 3.80. The lowest BCUT2D eigenvalue weighted by Crippen LogP contribution is -2.45. The van der Waals surface area contributed by atoms with Crippen LogP contribution in [-0.4, -0.2) is 25.1 Å². The Morgan fingerprint density at radius 1 is 1.41 bits per heavy atom. The Morgan fingerprint density at radius 2 is 2.18 bits per heavy atom. The van der Waals surface area contributed by atoms with Crippen molar-refractivity contribution in [3.63, 3.8) is 0 Å². The third-order valence-electron chi connectivity index (χ3n) is 4.22. The molecule has 1 atom stereocenters. The summed E-state index contributed by atoms with van der Waals surface area (Å²) in [6.45, 7) is 7.54. The number of amides is 1. The molecule has 0 aromatic heterocycles. The van der Waals surface area contributed by atoms with Gasteiger partial charge in [-0.2, -0.15) is 0 Å². The van der Waals surface area contributed by atoms with E-state index in [4.69, 9.17) is 10.5 Å². The monoisotopic (exact) mass is 304 g/mol. The van der Waals surface area contributed by atoms with Crippen molar-refractivity contribution in [1.82, 2.24) is 0 Å². The molecule has 2 rings (SSSR count). The molecule has 1 unspecified atom stereocenters. The first kappa shape index (κ1) is 16.8. The van der Waals surface area contributed by atoms with Gasteiger partial charge in [0.25, 0.3) is 0 Å². The van der Waals surface area contributed by atoms with Gasteiger partial charge in [0.15, 0.2) is 0 Å². The van der Waals surface area contributed by atoms with Gasteiger partial charge in [-0.25, -0.2) is 0 Å². The van der Waals surface area contributed by atoms with Crippen molar-refractivity contribution in [3.8, 4) is 5.75 Å². The molecule has 0 aliphatic carbocycles. The second kappa shape index (κ2) is 7.63. The number of rotatable bonds is 6. The highest BCUT2D eigenvalue weighted by Gasteiger charge is 2.30. The van der Waals surface area contributed by atoms with E-state index in [2.05, 4.69) is 26.0 Å². The van der Waals surface area contributed by atoms with Crippen LogP contribution in [-0.2, 0) is 11.2 Å². The molecule has 0 radical (unpaired) electrons. The van der Waals surface area contributed by atoms with Crippen molar-refractivity contribution in [2.75, 3.05) is 18.0 Å². The van der Waals surface area contributed by atoms with Crippen LogP contribution in [0.3, 0.4) is 0 Å². The van der Waals surface area contributed by atoms with Gasteiger partial charge in [-0.05, 0) is 49.4 Å². The number of nitrogens with zero attached hydrogens (tertiary/aromatic N) is 1. The van der Waals surface area contributed by atoms with Crippen LogP contribution < -0.4 is 15.4 Å². The number of hydrogen-bond acceptors (Lipinski definition) is 3. The average Bonchev–Trinajstić information content (AvgIpc) is 2.53. The summed E-state index contributed by atoms with van der Waals surface area (Å²) in [6, 6.07) is 6.22. The van der Waals surface area contributed by atoms with Gasteiger partial charge in [-0.3, -0.25) is 4.79 Å². The maximum absolute atomic E-state index is 12.3. The van der Waals surface area contributed by atoms with E-state index in [1.54, 1.807) is 0 Å². The molecule has 1 amide bonds. The fraction of sp³-hybridized carbons (Fsp3) is 0.611. The fourth-order valence-corrected chi connectivity index (χ4v) is 2.76. The number of benzene rings is 1. The van der Waals surface area contributed by atoms with Crippen molar-refractivity contribution >= 4 is 11.6 Å². The van der Waals surface area contributed by atoms with Crippen molar-refractivity contribution in [2.24, 2.45) is 11.7 Å². The Balaban J connectivity index is 2.25. The van der Waals surface area contributed by atoms with Crippen LogP contribution in [0.2, 0.25) is 0 Å². The minimum absolute atomic E-state index is 0.0612. The summed E-state index contributed by atoms with van der Waals surface area (Å²) >= 11 is 0. The molecule has 0 fully saturated rings. The van der Waals surface area contributed by atoms with Gasteiger partial charge < -0.3 is 15.4 Å². The van der Waals surface area contributed by atoms with E-state index >= 15 is 0 Å². The van der Waals surface area contributed by atoms with Gasteiger partial charge in [-0.15, -0.1) is 0 Å². The fourth-order valence-electron chi connectivity index (χ4n) is 2.76. The minimum Gasteiger partial charge on any atom is -0.486 e. The highest BCUT2D eigenvalue weighted by molar-refractivity contribution is 5.95. The molecular weight excluding hydrogens is 276 g/mol. The molecule has 0 saturated carbocycles. The predicted octanol–water partition coefficient (Wildman–Crippen LogP) is 3.13. The number of carbonyl (C=O) groups is 1. The summed E-state index contributed by atoms with van der Waals surface area (Å²) in [5.74, 6) is 1.37. The van der Waals surface area contributed by atoms with Crippen LogP contribution in [0.25, 0.3) is 0 Å². The predicted molar refractivity (Wildman–Crippen MR) is 90.3 cm³/mol. The number of anilines is 1. The zero-order valence-corrected chi connectivity index (χ0v) is 14.0. The molecule has 0 bridgehead atoms. The van der Waals surface area contributed by atoms with Crippen LogP contribution in [0.1, 0.15) is 45.6 Å². The zero-order valence-electron chi connectivity index (χ0n) is 14.0. The molecule has 2 N–H and O–H groups in total. The molecule has 4 heteroatoms. The van der Waals surface area contributed by atoms with E-state index in [9.17, 15) is 4.79 Å². The van der Waals surface area contributed by atoms with Crippen molar-refractivity contribution in [2.45, 2.75) is 52.6 Å². The Kier molecular flexibility index (Phi) is 5.83. The number of nitrogens with two attached hydrogens (primary N) is 1. The number of carbonyl (C=O) groups excluding carboxylic acids is 1. The Bertz CT molecular complexity index is 514. The van der Waals surface area contributed by atoms with E-state index in [-0.39, 0.29) is 12.0 Å². The number of fused-ring (bicyclic) bond motifs is 1. The normalized spacial score (nSPS) is 17.3. The van der Waals surface area contributed by atoms with Gasteiger partial charge in [-0.1, -0.05) is 26.8 Å². The van der Waals surface area contributed by atoms with Gasteiger partial charge in [0.2, 0.25) is 5.91 Å². The average molecular weight is 304 g/mol. The number of unbranched alkanes of at least 4 members (excludes halogenated alkanes) is 1. The lowest BCUT2D eigenvalue weighted by atomic mass is 10.0. The zero-order chi connectivity index (χ0) is 16.1. The summed E-state index contributed by atoms with van der Waals surface area (Å²) in [5, 5.41) is 0. The second-order valence-corrected chi connectivity index (χ2v) is 6.31. The number of hydrogen-bond donors (Lipinski definition) is 1. The third-order valence-corrected chi connectivity index (χ3v) is 4.22. The molecule has 1 heterocycles. The Labute approximate surface area is 133 Å². The smallest absolute Gasteiger partial charge is 0.226 e. The van der Waals surface area contributed by atoms with E-state index in [0.717, 1.165) is 37.2 Å². The first-order chi connectivity index (χ1) is 10.6. The minimum atomic E-state index is 0.0612. The van der Waals surface area contributed by atoms with E-state index in [1.807, 2.05) is 17.9 Å². The largest absolute Gasteiger partial charge is 0.486 e. The first-order valence-electron chi connectivity index (χ1n) is 8.36. The number of aryl methyl sites for hydroxylation is 1. The lowest BCUT2D eigenvalue weighted by Gasteiger charge is -2.37. The van der Waals surface area contributed by atoms with Crippen LogP contribution in [0, 0.1) is 5.92 Å². The number of ether oxygens (including phenoxy) is 1. The lowest BCUT2D eigenvalue weighted by molar-refractivity contribution is -0.118. The van der Waals surface area contributed by atoms with E-state index in [0.29, 0.717) is 18.9 Å². The van der Waals surface area contributed by atoms with E-state index < -0.39 is 0 Å². The van der Waals surface area contributed by atoms with Crippen molar-refractivity contribution in [1.29, 1.82) is 0 Å².